The highest BCUT2D eigenvalue weighted by Gasteiger charge is 2.18. The molecule has 0 rings (SSSR count). The van der Waals surface area contributed by atoms with Crippen molar-refractivity contribution in [3.05, 3.63) is 0 Å². The first kappa shape index (κ1) is 16.9. The molecule has 0 radical (unpaired) electrons. The number of rotatable bonds is 11. The summed E-state index contributed by atoms with van der Waals surface area (Å²) in [6.07, 6.45) is 5.18. The Morgan fingerprint density at radius 3 is 2.44 bits per heavy atom. The Bertz CT molecular complexity index is 240. The van der Waals surface area contributed by atoms with Crippen molar-refractivity contribution in [2.75, 3.05) is 13.2 Å². The van der Waals surface area contributed by atoms with Gasteiger partial charge in [-0.2, -0.15) is 0 Å². The number of carboxylic acids is 1. The molecule has 0 aromatic carbocycles. The first-order valence-electron chi connectivity index (χ1n) is 6.61. The summed E-state index contributed by atoms with van der Waals surface area (Å²) < 4.78 is 4.68. The molecule has 0 bridgehead atoms. The Hall–Kier alpha value is -1.10. The Kier molecular flexibility index (Phi) is 10.3. The van der Waals surface area contributed by atoms with Gasteiger partial charge >= 0.3 is 11.9 Å². The van der Waals surface area contributed by atoms with Crippen LogP contribution in [0.4, 0.5) is 0 Å². The summed E-state index contributed by atoms with van der Waals surface area (Å²) in [4.78, 5) is 22.2. The summed E-state index contributed by atoms with van der Waals surface area (Å²) in [5.41, 5.74) is 0. The second-order valence-electron chi connectivity index (χ2n) is 4.37. The van der Waals surface area contributed by atoms with Crippen molar-refractivity contribution >= 4 is 11.9 Å². The second-order valence-corrected chi connectivity index (χ2v) is 4.37. The van der Waals surface area contributed by atoms with E-state index in [4.69, 9.17) is 10.2 Å². The minimum absolute atomic E-state index is 0.0208. The SMILES string of the molecule is CCCCCCC(CCC(=O)OCCO)C(=O)O. The molecule has 18 heavy (non-hydrogen) atoms. The average Bonchev–Trinajstić information content (AvgIpc) is 2.34. The maximum absolute atomic E-state index is 11.2. The minimum Gasteiger partial charge on any atom is -0.481 e. The number of ether oxygens (including phenoxy) is 1. The van der Waals surface area contributed by atoms with Crippen LogP contribution >= 0.6 is 0 Å². The van der Waals surface area contributed by atoms with E-state index in [9.17, 15) is 9.59 Å². The van der Waals surface area contributed by atoms with E-state index >= 15 is 0 Å². The van der Waals surface area contributed by atoms with Crippen molar-refractivity contribution in [1.82, 2.24) is 0 Å². The number of aliphatic carboxylic acids is 1. The molecule has 0 fully saturated rings. The quantitative estimate of drug-likeness (QED) is 0.438. The predicted octanol–water partition coefficient (Wildman–Crippen LogP) is 1.97. The number of esters is 1. The van der Waals surface area contributed by atoms with Gasteiger partial charge in [0.1, 0.15) is 6.61 Å². The molecule has 1 unspecified atom stereocenters. The van der Waals surface area contributed by atoms with E-state index in [1.54, 1.807) is 0 Å². The van der Waals surface area contributed by atoms with Crippen LogP contribution in [0.2, 0.25) is 0 Å². The highest BCUT2D eigenvalue weighted by Crippen LogP contribution is 2.17. The van der Waals surface area contributed by atoms with E-state index in [1.165, 1.54) is 0 Å². The zero-order valence-corrected chi connectivity index (χ0v) is 11.1. The lowest BCUT2D eigenvalue weighted by atomic mass is 9.96. The lowest BCUT2D eigenvalue weighted by Crippen LogP contribution is -2.17. The molecule has 0 aliphatic heterocycles. The number of aliphatic hydroxyl groups excluding tert-OH is 1. The van der Waals surface area contributed by atoms with Crippen molar-refractivity contribution in [3.8, 4) is 0 Å². The molecule has 0 aliphatic rings. The summed E-state index contributed by atoms with van der Waals surface area (Å²) in [6, 6.07) is 0. The molecule has 106 valence electrons. The number of aliphatic hydroxyl groups is 1. The number of carbonyl (C=O) groups is 2. The molecule has 0 aromatic heterocycles. The zero-order valence-electron chi connectivity index (χ0n) is 11.1. The van der Waals surface area contributed by atoms with Gasteiger partial charge in [0, 0.05) is 6.42 Å². The van der Waals surface area contributed by atoms with Gasteiger partial charge in [-0.05, 0) is 12.8 Å². The smallest absolute Gasteiger partial charge is 0.306 e. The Morgan fingerprint density at radius 2 is 1.89 bits per heavy atom. The molecule has 5 heteroatoms. The number of carbonyl (C=O) groups excluding carboxylic acids is 1. The summed E-state index contributed by atoms with van der Waals surface area (Å²) in [5.74, 6) is -1.76. The molecule has 0 saturated carbocycles. The van der Waals surface area contributed by atoms with Crippen LogP contribution in [0.1, 0.15) is 51.9 Å². The van der Waals surface area contributed by atoms with E-state index in [1.807, 2.05) is 0 Å². The molecular weight excluding hydrogens is 236 g/mol. The third kappa shape index (κ3) is 8.98. The molecule has 0 spiro atoms. The van der Waals surface area contributed by atoms with Gasteiger partial charge in [0.25, 0.3) is 0 Å². The fourth-order valence-corrected chi connectivity index (χ4v) is 1.73. The molecule has 2 N–H and O–H groups in total. The third-order valence-electron chi connectivity index (χ3n) is 2.81. The first-order valence-corrected chi connectivity index (χ1v) is 6.61. The van der Waals surface area contributed by atoms with Crippen molar-refractivity contribution < 1.29 is 24.5 Å². The number of hydrogen-bond donors (Lipinski definition) is 2. The van der Waals surface area contributed by atoms with Crippen molar-refractivity contribution in [1.29, 1.82) is 0 Å². The topological polar surface area (TPSA) is 83.8 Å². The van der Waals surface area contributed by atoms with Crippen LogP contribution in [0.15, 0.2) is 0 Å². The van der Waals surface area contributed by atoms with E-state index < -0.39 is 17.9 Å². The molecule has 0 aromatic rings. The zero-order chi connectivity index (χ0) is 13.8. The standard InChI is InChI=1S/C13H24O5/c1-2-3-4-5-6-11(13(16)17)7-8-12(15)18-10-9-14/h11,14H,2-10H2,1H3,(H,16,17). The average molecular weight is 260 g/mol. The van der Waals surface area contributed by atoms with Gasteiger partial charge in [-0.3, -0.25) is 9.59 Å². The first-order chi connectivity index (χ1) is 8.61. The number of unbranched alkanes of at least 4 members (excludes halogenated alkanes) is 3. The normalized spacial score (nSPS) is 12.1. The maximum atomic E-state index is 11.2. The van der Waals surface area contributed by atoms with E-state index in [0.717, 1.165) is 25.7 Å². The van der Waals surface area contributed by atoms with Gasteiger partial charge < -0.3 is 14.9 Å². The molecule has 5 nitrogen and oxygen atoms in total. The highest BCUT2D eigenvalue weighted by molar-refractivity contribution is 5.73. The van der Waals surface area contributed by atoms with Crippen LogP contribution in [0.25, 0.3) is 0 Å². The number of carboxylic acid groups (broad SMARTS) is 1. The Balaban J connectivity index is 3.82. The summed E-state index contributed by atoms with van der Waals surface area (Å²) in [7, 11) is 0. The summed E-state index contributed by atoms with van der Waals surface area (Å²) >= 11 is 0. The van der Waals surface area contributed by atoms with Crippen LogP contribution < -0.4 is 0 Å². The molecule has 0 heterocycles. The van der Waals surface area contributed by atoms with Crippen LogP contribution in [0.5, 0.6) is 0 Å². The molecule has 0 saturated heterocycles. The maximum Gasteiger partial charge on any atom is 0.306 e. The van der Waals surface area contributed by atoms with Crippen molar-refractivity contribution in [2.45, 2.75) is 51.9 Å². The minimum atomic E-state index is -0.846. The van der Waals surface area contributed by atoms with Gasteiger partial charge in [0.15, 0.2) is 0 Å². The van der Waals surface area contributed by atoms with Gasteiger partial charge in [-0.1, -0.05) is 32.6 Å². The van der Waals surface area contributed by atoms with Gasteiger partial charge in [0.2, 0.25) is 0 Å². The highest BCUT2D eigenvalue weighted by atomic mass is 16.5. The largest absolute Gasteiger partial charge is 0.481 e. The van der Waals surface area contributed by atoms with E-state index in [-0.39, 0.29) is 19.6 Å². The van der Waals surface area contributed by atoms with Crippen LogP contribution in [-0.2, 0) is 14.3 Å². The number of hydrogen-bond acceptors (Lipinski definition) is 4. The lowest BCUT2D eigenvalue weighted by molar-refractivity contribution is -0.146. The Morgan fingerprint density at radius 1 is 1.17 bits per heavy atom. The van der Waals surface area contributed by atoms with Crippen LogP contribution in [0, 0.1) is 5.92 Å². The van der Waals surface area contributed by atoms with Gasteiger partial charge in [-0.25, -0.2) is 0 Å². The summed E-state index contributed by atoms with van der Waals surface area (Å²) in [6.45, 7) is 1.88. The van der Waals surface area contributed by atoms with Gasteiger partial charge in [0.05, 0.1) is 12.5 Å². The van der Waals surface area contributed by atoms with E-state index in [2.05, 4.69) is 11.7 Å². The summed E-state index contributed by atoms with van der Waals surface area (Å²) in [5, 5.41) is 17.5. The molecule has 1 atom stereocenters. The molecule has 0 amide bonds. The fourth-order valence-electron chi connectivity index (χ4n) is 1.73. The van der Waals surface area contributed by atoms with Crippen LogP contribution in [0.3, 0.4) is 0 Å². The monoisotopic (exact) mass is 260 g/mol. The van der Waals surface area contributed by atoms with Crippen molar-refractivity contribution in [2.24, 2.45) is 5.92 Å². The fraction of sp³-hybridized carbons (Fsp3) is 0.846. The lowest BCUT2D eigenvalue weighted by Gasteiger charge is -2.11. The van der Waals surface area contributed by atoms with Crippen molar-refractivity contribution in [3.63, 3.8) is 0 Å². The van der Waals surface area contributed by atoms with Crippen LogP contribution in [-0.4, -0.2) is 35.4 Å². The van der Waals surface area contributed by atoms with Gasteiger partial charge in [-0.15, -0.1) is 0 Å². The molecular formula is C13H24O5. The Labute approximate surface area is 108 Å². The second kappa shape index (κ2) is 11.0. The molecule has 0 aliphatic carbocycles. The predicted molar refractivity (Wildman–Crippen MR) is 67.2 cm³/mol. The third-order valence-corrected chi connectivity index (χ3v) is 2.81. The van der Waals surface area contributed by atoms with E-state index in [0.29, 0.717) is 12.8 Å².